The van der Waals surface area contributed by atoms with Crippen molar-refractivity contribution in [1.29, 1.82) is 0 Å². The maximum Gasteiger partial charge on any atom is 0.339 e. The van der Waals surface area contributed by atoms with E-state index in [9.17, 15) is 17.6 Å². The number of hydrogen-bond acceptors (Lipinski definition) is 5. The number of carboxylic acid groups (broad SMARTS) is 1. The third kappa shape index (κ3) is 3.31. The molecule has 0 bridgehead atoms. The maximum absolute atomic E-state index is 12.8. The topological polar surface area (TPSA) is 109 Å². The molecule has 0 saturated carbocycles. The first kappa shape index (κ1) is 14.9. The lowest BCUT2D eigenvalue weighted by Crippen LogP contribution is -2.16. The van der Waals surface area contributed by atoms with Crippen molar-refractivity contribution in [3.63, 3.8) is 0 Å². The third-order valence-electron chi connectivity index (χ3n) is 2.56. The monoisotopic (exact) mass is 311 g/mol. The fourth-order valence-electron chi connectivity index (χ4n) is 1.52. The van der Waals surface area contributed by atoms with Crippen molar-refractivity contribution in [2.75, 3.05) is 4.72 Å². The number of sulfonamides is 1. The van der Waals surface area contributed by atoms with E-state index in [1.165, 1.54) is 6.92 Å². The molecule has 2 N–H and O–H groups in total. The van der Waals surface area contributed by atoms with Gasteiger partial charge in [-0.15, -0.1) is 0 Å². The van der Waals surface area contributed by atoms with Crippen LogP contribution in [0.3, 0.4) is 0 Å². The van der Waals surface area contributed by atoms with Crippen LogP contribution in [0.15, 0.2) is 35.4 Å². The number of aromatic carboxylic acids is 1. The molecule has 21 heavy (non-hydrogen) atoms. The van der Waals surface area contributed by atoms with Crippen molar-refractivity contribution >= 4 is 21.9 Å². The minimum Gasteiger partial charge on any atom is -0.478 e. The van der Waals surface area contributed by atoms with E-state index in [1.54, 1.807) is 0 Å². The van der Waals surface area contributed by atoms with Gasteiger partial charge in [-0.05, 0) is 31.2 Å². The average Bonchev–Trinajstić information content (AvgIpc) is 2.38. The summed E-state index contributed by atoms with van der Waals surface area (Å²) in [5.41, 5.74) is -0.00552. The summed E-state index contributed by atoms with van der Waals surface area (Å²) in [5.74, 6) is -2.03. The summed E-state index contributed by atoms with van der Waals surface area (Å²) in [5, 5.41) is 8.84. The lowest BCUT2D eigenvalue weighted by atomic mass is 10.2. The van der Waals surface area contributed by atoms with E-state index in [4.69, 9.17) is 5.11 Å². The second-order valence-corrected chi connectivity index (χ2v) is 5.74. The maximum atomic E-state index is 12.8. The Balaban J connectivity index is 2.31. The number of benzene rings is 1. The Kier molecular flexibility index (Phi) is 3.85. The van der Waals surface area contributed by atoms with Gasteiger partial charge >= 0.3 is 5.97 Å². The molecule has 0 aliphatic carbocycles. The zero-order chi connectivity index (χ0) is 15.6. The number of aryl methyl sites for hydroxylation is 1. The zero-order valence-corrected chi connectivity index (χ0v) is 11.6. The number of aromatic nitrogens is 2. The number of nitrogens with zero attached hydrogens (tertiary/aromatic N) is 2. The Morgan fingerprint density at radius 1 is 1.29 bits per heavy atom. The highest BCUT2D eigenvalue weighted by atomic mass is 32.2. The summed E-state index contributed by atoms with van der Waals surface area (Å²) in [6.45, 7) is 1.42. The summed E-state index contributed by atoms with van der Waals surface area (Å²) in [7, 11) is -3.97. The van der Waals surface area contributed by atoms with E-state index in [0.29, 0.717) is 0 Å². The van der Waals surface area contributed by atoms with Crippen molar-refractivity contribution in [1.82, 2.24) is 9.97 Å². The molecule has 0 aliphatic rings. The quantitative estimate of drug-likeness (QED) is 0.884. The molecule has 0 aliphatic heterocycles. The average molecular weight is 311 g/mol. The molecule has 1 heterocycles. The molecular weight excluding hydrogens is 301 g/mol. The molecule has 0 saturated heterocycles. The molecule has 2 aromatic rings. The van der Waals surface area contributed by atoms with Crippen LogP contribution in [0.2, 0.25) is 0 Å². The van der Waals surface area contributed by atoms with Crippen LogP contribution < -0.4 is 4.72 Å². The molecule has 0 fully saturated rings. The third-order valence-corrected chi connectivity index (χ3v) is 3.90. The van der Waals surface area contributed by atoms with Crippen LogP contribution in [0.5, 0.6) is 0 Å². The lowest BCUT2D eigenvalue weighted by Gasteiger charge is -2.07. The highest BCUT2D eigenvalue weighted by molar-refractivity contribution is 7.92. The van der Waals surface area contributed by atoms with Crippen LogP contribution in [0.1, 0.15) is 16.1 Å². The normalized spacial score (nSPS) is 11.1. The van der Waals surface area contributed by atoms with Gasteiger partial charge in [0.05, 0.1) is 16.2 Å². The van der Waals surface area contributed by atoms with Crippen molar-refractivity contribution in [3.8, 4) is 0 Å². The highest BCUT2D eigenvalue weighted by Gasteiger charge is 2.17. The first-order chi connectivity index (χ1) is 9.79. The Morgan fingerprint density at radius 2 is 1.90 bits per heavy atom. The second kappa shape index (κ2) is 5.44. The molecule has 7 nitrogen and oxygen atoms in total. The highest BCUT2D eigenvalue weighted by Crippen LogP contribution is 2.14. The Hall–Kier alpha value is -2.55. The second-order valence-electron chi connectivity index (χ2n) is 4.06. The minimum atomic E-state index is -3.97. The van der Waals surface area contributed by atoms with Gasteiger partial charge in [0.15, 0.2) is 0 Å². The van der Waals surface area contributed by atoms with Gasteiger partial charge in [0.1, 0.15) is 5.82 Å². The molecule has 0 atom stereocenters. The van der Waals surface area contributed by atoms with Gasteiger partial charge in [-0.25, -0.2) is 32.3 Å². The molecule has 110 valence electrons. The van der Waals surface area contributed by atoms with Gasteiger partial charge in [0, 0.05) is 6.20 Å². The van der Waals surface area contributed by atoms with Crippen LogP contribution in [-0.4, -0.2) is 29.5 Å². The van der Waals surface area contributed by atoms with E-state index in [2.05, 4.69) is 14.7 Å². The largest absolute Gasteiger partial charge is 0.478 e. The van der Waals surface area contributed by atoms with Crippen LogP contribution >= 0.6 is 0 Å². The molecule has 2 rings (SSSR count). The van der Waals surface area contributed by atoms with Gasteiger partial charge in [-0.3, -0.25) is 0 Å². The fraction of sp³-hybridized carbons (Fsp3) is 0.0833. The van der Waals surface area contributed by atoms with Crippen LogP contribution in [-0.2, 0) is 10.0 Å². The summed E-state index contributed by atoms with van der Waals surface area (Å²) in [6, 6.07) is 4.20. The molecule has 0 unspecified atom stereocenters. The SMILES string of the molecule is Cc1nc(NS(=O)(=O)c2ccc(F)cc2)ncc1C(=O)O. The molecule has 1 aromatic carbocycles. The van der Waals surface area contributed by atoms with Crippen molar-refractivity contribution < 1.29 is 22.7 Å². The molecule has 0 spiro atoms. The predicted octanol–water partition coefficient (Wildman–Crippen LogP) is 1.42. The van der Waals surface area contributed by atoms with Crippen molar-refractivity contribution in [3.05, 3.63) is 47.5 Å². The first-order valence-electron chi connectivity index (χ1n) is 5.65. The van der Waals surface area contributed by atoms with Crippen LogP contribution in [0.25, 0.3) is 0 Å². The molecular formula is C12H10FN3O4S. The summed E-state index contributed by atoms with van der Waals surface area (Å²) in [6.07, 6.45) is 1.01. The Bertz CT molecular complexity index is 791. The molecule has 0 radical (unpaired) electrons. The van der Waals surface area contributed by atoms with Gasteiger partial charge in [0.2, 0.25) is 5.95 Å². The molecule has 1 aromatic heterocycles. The van der Waals surface area contributed by atoms with Gasteiger partial charge in [-0.2, -0.15) is 0 Å². The number of anilines is 1. The fourth-order valence-corrected chi connectivity index (χ4v) is 2.47. The lowest BCUT2D eigenvalue weighted by molar-refractivity contribution is 0.0695. The van der Waals surface area contributed by atoms with E-state index in [0.717, 1.165) is 30.5 Å². The van der Waals surface area contributed by atoms with Crippen LogP contribution in [0, 0.1) is 12.7 Å². The van der Waals surface area contributed by atoms with Gasteiger partial charge in [0.25, 0.3) is 10.0 Å². The van der Waals surface area contributed by atoms with Gasteiger partial charge < -0.3 is 5.11 Å². The van der Waals surface area contributed by atoms with E-state index < -0.39 is 21.8 Å². The van der Waals surface area contributed by atoms with E-state index in [1.807, 2.05) is 0 Å². The van der Waals surface area contributed by atoms with Crippen LogP contribution in [0.4, 0.5) is 10.3 Å². The van der Waals surface area contributed by atoms with E-state index >= 15 is 0 Å². The zero-order valence-electron chi connectivity index (χ0n) is 10.7. The summed E-state index contributed by atoms with van der Waals surface area (Å²) < 4.78 is 38.9. The number of halogens is 1. The summed E-state index contributed by atoms with van der Waals surface area (Å²) in [4.78, 5) is 18.1. The van der Waals surface area contributed by atoms with E-state index in [-0.39, 0.29) is 22.1 Å². The number of carboxylic acids is 1. The Labute approximate surface area is 119 Å². The molecule has 0 amide bonds. The van der Waals surface area contributed by atoms with Crippen molar-refractivity contribution in [2.45, 2.75) is 11.8 Å². The summed E-state index contributed by atoms with van der Waals surface area (Å²) >= 11 is 0. The van der Waals surface area contributed by atoms with Gasteiger partial charge in [-0.1, -0.05) is 0 Å². The number of hydrogen-bond donors (Lipinski definition) is 2. The number of rotatable bonds is 4. The minimum absolute atomic E-state index is 0.120. The first-order valence-corrected chi connectivity index (χ1v) is 7.13. The number of nitrogens with one attached hydrogen (secondary N) is 1. The Morgan fingerprint density at radius 3 is 2.43 bits per heavy atom. The predicted molar refractivity (Wildman–Crippen MR) is 70.9 cm³/mol. The number of carbonyl (C=O) groups is 1. The van der Waals surface area contributed by atoms with Crippen molar-refractivity contribution in [2.24, 2.45) is 0 Å². The smallest absolute Gasteiger partial charge is 0.339 e. The standard InChI is InChI=1S/C12H10FN3O4S/c1-7-10(11(17)18)6-14-12(15-7)16-21(19,20)9-4-2-8(13)3-5-9/h2-6H,1H3,(H,17,18)(H,14,15,16). The molecule has 9 heteroatoms.